The Bertz CT molecular complexity index is 674. The van der Waals surface area contributed by atoms with Crippen molar-refractivity contribution in [2.75, 3.05) is 27.2 Å². The van der Waals surface area contributed by atoms with Gasteiger partial charge < -0.3 is 14.4 Å². The fourth-order valence-corrected chi connectivity index (χ4v) is 3.45. The van der Waals surface area contributed by atoms with Crippen LogP contribution in [0.3, 0.4) is 0 Å². The second kappa shape index (κ2) is 6.13. The molecule has 0 spiro atoms. The van der Waals surface area contributed by atoms with Crippen molar-refractivity contribution in [1.82, 2.24) is 14.4 Å². The summed E-state index contributed by atoms with van der Waals surface area (Å²) in [5.41, 5.74) is 1.91. The molecule has 4 heteroatoms. The maximum Gasteiger partial charge on any atom is 0.270 e. The normalized spacial score (nSPS) is 19.6. The van der Waals surface area contributed by atoms with Crippen LogP contribution in [0.4, 0.5) is 0 Å². The van der Waals surface area contributed by atoms with E-state index in [9.17, 15) is 4.79 Å². The van der Waals surface area contributed by atoms with Gasteiger partial charge in [0.05, 0.1) is 0 Å². The second-order valence-corrected chi connectivity index (χ2v) is 6.49. The van der Waals surface area contributed by atoms with Crippen molar-refractivity contribution in [3.05, 3.63) is 36.0 Å². The molecule has 3 rings (SSSR count). The van der Waals surface area contributed by atoms with Crippen LogP contribution in [0.25, 0.3) is 10.9 Å². The molecule has 1 aliphatic rings. The lowest BCUT2D eigenvalue weighted by atomic mass is 10.1. The molecule has 1 amide bonds. The van der Waals surface area contributed by atoms with E-state index in [2.05, 4.69) is 31.1 Å². The topological polar surface area (TPSA) is 28.5 Å². The average molecular weight is 299 g/mol. The lowest BCUT2D eigenvalue weighted by molar-refractivity contribution is 0.0749. The van der Waals surface area contributed by atoms with Gasteiger partial charge in [-0.05, 0) is 45.5 Å². The number of amides is 1. The first kappa shape index (κ1) is 15.1. The highest BCUT2D eigenvalue weighted by atomic mass is 16.2. The molecule has 1 fully saturated rings. The molecule has 1 saturated heterocycles. The van der Waals surface area contributed by atoms with E-state index in [0.29, 0.717) is 6.04 Å². The number of para-hydroxylation sites is 1. The Morgan fingerprint density at radius 2 is 1.95 bits per heavy atom. The van der Waals surface area contributed by atoms with E-state index in [1.54, 1.807) is 0 Å². The van der Waals surface area contributed by atoms with Crippen LogP contribution in [-0.2, 0) is 7.05 Å². The predicted molar refractivity (Wildman–Crippen MR) is 90.1 cm³/mol. The summed E-state index contributed by atoms with van der Waals surface area (Å²) in [7, 11) is 6.24. The Kier molecular flexibility index (Phi) is 4.21. The Morgan fingerprint density at radius 1 is 1.18 bits per heavy atom. The highest BCUT2D eigenvalue weighted by Crippen LogP contribution is 2.21. The minimum absolute atomic E-state index is 0.165. The monoisotopic (exact) mass is 299 g/mol. The number of likely N-dealkylation sites (tertiary alicyclic amines) is 1. The Morgan fingerprint density at radius 3 is 2.68 bits per heavy atom. The number of hydrogen-bond acceptors (Lipinski definition) is 2. The van der Waals surface area contributed by atoms with E-state index in [4.69, 9.17) is 0 Å². The van der Waals surface area contributed by atoms with E-state index in [0.717, 1.165) is 42.5 Å². The van der Waals surface area contributed by atoms with Gasteiger partial charge >= 0.3 is 0 Å². The van der Waals surface area contributed by atoms with Gasteiger partial charge in [0.25, 0.3) is 5.91 Å². The van der Waals surface area contributed by atoms with Crippen LogP contribution in [0.5, 0.6) is 0 Å². The van der Waals surface area contributed by atoms with E-state index in [1.807, 2.05) is 34.7 Å². The zero-order valence-corrected chi connectivity index (χ0v) is 13.7. The lowest BCUT2D eigenvalue weighted by Crippen LogP contribution is -2.34. The smallest absolute Gasteiger partial charge is 0.270 e. The van der Waals surface area contributed by atoms with Gasteiger partial charge in [-0.1, -0.05) is 18.2 Å². The van der Waals surface area contributed by atoms with E-state index in [-0.39, 0.29) is 5.91 Å². The number of nitrogens with zero attached hydrogens (tertiary/aromatic N) is 3. The molecule has 1 aromatic carbocycles. The van der Waals surface area contributed by atoms with Crippen LogP contribution in [0.1, 0.15) is 29.8 Å². The summed E-state index contributed by atoms with van der Waals surface area (Å²) in [4.78, 5) is 17.2. The van der Waals surface area contributed by atoms with Crippen LogP contribution in [-0.4, -0.2) is 53.5 Å². The molecule has 0 unspecified atom stereocenters. The summed E-state index contributed by atoms with van der Waals surface area (Å²) in [6, 6.07) is 10.8. The Balaban J connectivity index is 1.82. The van der Waals surface area contributed by atoms with Gasteiger partial charge in [0.2, 0.25) is 0 Å². The highest BCUT2D eigenvalue weighted by molar-refractivity contribution is 5.98. The first-order valence-corrected chi connectivity index (χ1v) is 8.08. The SMILES string of the molecule is CN(C)[C@@H]1CCCN(C(=O)c2cc3ccccc3n2C)CC1. The molecule has 1 aromatic heterocycles. The number of rotatable bonds is 2. The first-order chi connectivity index (χ1) is 10.6. The molecule has 118 valence electrons. The molecule has 2 aromatic rings. The standard InChI is InChI=1S/C18H25N3O/c1-19(2)15-8-6-11-21(12-10-15)18(22)17-13-14-7-4-5-9-16(14)20(17)3/h4-5,7,9,13,15H,6,8,10-12H2,1-3H3/t15-/m1/s1. The molecule has 22 heavy (non-hydrogen) atoms. The summed E-state index contributed by atoms with van der Waals surface area (Å²) >= 11 is 0. The molecular formula is C18H25N3O. The maximum atomic E-state index is 12.9. The molecule has 1 aliphatic heterocycles. The van der Waals surface area contributed by atoms with Crippen LogP contribution in [0, 0.1) is 0 Å². The fraction of sp³-hybridized carbons (Fsp3) is 0.500. The van der Waals surface area contributed by atoms with Gasteiger partial charge in [-0.2, -0.15) is 0 Å². The largest absolute Gasteiger partial charge is 0.340 e. The summed E-state index contributed by atoms with van der Waals surface area (Å²) < 4.78 is 2.02. The number of benzene rings is 1. The van der Waals surface area contributed by atoms with Gasteiger partial charge in [-0.25, -0.2) is 0 Å². The van der Waals surface area contributed by atoms with Crippen LogP contribution in [0.2, 0.25) is 0 Å². The molecule has 0 N–H and O–H groups in total. The zero-order chi connectivity index (χ0) is 15.7. The molecule has 0 saturated carbocycles. The fourth-order valence-electron chi connectivity index (χ4n) is 3.45. The Hall–Kier alpha value is -1.81. The van der Waals surface area contributed by atoms with Crippen molar-refractivity contribution in [1.29, 1.82) is 0 Å². The number of aryl methyl sites for hydroxylation is 1. The number of carbonyl (C=O) groups is 1. The van der Waals surface area contributed by atoms with Gasteiger partial charge in [-0.15, -0.1) is 0 Å². The van der Waals surface area contributed by atoms with Crippen LogP contribution in [0.15, 0.2) is 30.3 Å². The summed E-state index contributed by atoms with van der Waals surface area (Å²) in [6.07, 6.45) is 3.31. The summed E-state index contributed by atoms with van der Waals surface area (Å²) in [6.45, 7) is 1.72. The molecule has 4 nitrogen and oxygen atoms in total. The van der Waals surface area contributed by atoms with E-state index >= 15 is 0 Å². The number of fused-ring (bicyclic) bond motifs is 1. The quantitative estimate of drug-likeness (QED) is 0.853. The van der Waals surface area contributed by atoms with Crippen LogP contribution >= 0.6 is 0 Å². The van der Waals surface area contributed by atoms with Crippen molar-refractivity contribution in [2.24, 2.45) is 7.05 Å². The minimum Gasteiger partial charge on any atom is -0.340 e. The van der Waals surface area contributed by atoms with Crippen molar-refractivity contribution in [2.45, 2.75) is 25.3 Å². The van der Waals surface area contributed by atoms with Gasteiger partial charge in [0, 0.05) is 37.1 Å². The second-order valence-electron chi connectivity index (χ2n) is 6.49. The molecule has 0 bridgehead atoms. The van der Waals surface area contributed by atoms with Crippen LogP contribution < -0.4 is 0 Å². The van der Waals surface area contributed by atoms with Crippen molar-refractivity contribution >= 4 is 16.8 Å². The molecule has 0 aliphatic carbocycles. The van der Waals surface area contributed by atoms with E-state index < -0.39 is 0 Å². The third kappa shape index (κ3) is 2.75. The molecule has 0 radical (unpaired) electrons. The molecule has 1 atom stereocenters. The number of aromatic nitrogens is 1. The number of hydrogen-bond donors (Lipinski definition) is 0. The predicted octanol–water partition coefficient (Wildman–Crippen LogP) is 2.73. The third-order valence-electron chi connectivity index (χ3n) is 4.89. The summed E-state index contributed by atoms with van der Waals surface area (Å²) in [5, 5.41) is 1.13. The number of carbonyl (C=O) groups excluding carboxylic acids is 1. The van der Waals surface area contributed by atoms with Gasteiger partial charge in [0.15, 0.2) is 0 Å². The Labute approximate surface area is 132 Å². The molecular weight excluding hydrogens is 274 g/mol. The highest BCUT2D eigenvalue weighted by Gasteiger charge is 2.24. The zero-order valence-electron chi connectivity index (χ0n) is 13.7. The third-order valence-corrected chi connectivity index (χ3v) is 4.89. The van der Waals surface area contributed by atoms with Crippen molar-refractivity contribution in [3.63, 3.8) is 0 Å². The van der Waals surface area contributed by atoms with Gasteiger partial charge in [-0.3, -0.25) is 4.79 Å². The summed E-state index contributed by atoms with van der Waals surface area (Å²) in [5.74, 6) is 0.165. The maximum absolute atomic E-state index is 12.9. The first-order valence-electron chi connectivity index (χ1n) is 8.08. The molecule has 2 heterocycles. The minimum atomic E-state index is 0.165. The lowest BCUT2D eigenvalue weighted by Gasteiger charge is -2.23. The average Bonchev–Trinajstić information content (AvgIpc) is 2.71. The van der Waals surface area contributed by atoms with E-state index in [1.165, 1.54) is 6.42 Å². The van der Waals surface area contributed by atoms with Gasteiger partial charge in [0.1, 0.15) is 5.69 Å². The van der Waals surface area contributed by atoms with Crippen molar-refractivity contribution in [3.8, 4) is 0 Å². The van der Waals surface area contributed by atoms with Crippen molar-refractivity contribution < 1.29 is 4.79 Å².